The van der Waals surface area contributed by atoms with Crippen molar-refractivity contribution in [2.75, 3.05) is 7.11 Å². The van der Waals surface area contributed by atoms with Gasteiger partial charge in [-0.2, -0.15) is 13.2 Å². The van der Waals surface area contributed by atoms with Gasteiger partial charge in [-0.3, -0.25) is 0 Å². The molecule has 0 heterocycles. The van der Waals surface area contributed by atoms with E-state index >= 15 is 0 Å². The van der Waals surface area contributed by atoms with Crippen molar-refractivity contribution in [1.82, 2.24) is 0 Å². The van der Waals surface area contributed by atoms with E-state index in [4.69, 9.17) is 16.3 Å². The van der Waals surface area contributed by atoms with Crippen LogP contribution in [0.25, 0.3) is 0 Å². The lowest BCUT2D eigenvalue weighted by molar-refractivity contribution is -0.137. The van der Waals surface area contributed by atoms with Crippen LogP contribution in [0.15, 0.2) is 36.4 Å². The first-order chi connectivity index (χ1) is 10.7. The molecule has 2 aromatic rings. The summed E-state index contributed by atoms with van der Waals surface area (Å²) in [6.07, 6.45) is -4.56. The van der Waals surface area contributed by atoms with E-state index in [9.17, 15) is 23.1 Å². The molecule has 0 bridgehead atoms. The lowest BCUT2D eigenvalue weighted by Gasteiger charge is -2.12. The molecule has 0 unspecified atom stereocenters. The molecule has 0 aliphatic rings. The molecule has 0 spiro atoms. The average molecular weight is 347 g/mol. The molecular weight excluding hydrogens is 337 g/mol. The van der Waals surface area contributed by atoms with E-state index in [1.165, 1.54) is 18.2 Å². The smallest absolute Gasteiger partial charge is 0.417 e. The molecule has 8 heteroatoms. The lowest BCUT2D eigenvalue weighted by atomic mass is 10.2. The molecule has 0 aliphatic heterocycles. The minimum atomic E-state index is -4.56. The van der Waals surface area contributed by atoms with Crippen LogP contribution in [0.3, 0.4) is 0 Å². The van der Waals surface area contributed by atoms with E-state index in [0.29, 0.717) is 0 Å². The zero-order valence-electron chi connectivity index (χ0n) is 11.6. The Morgan fingerprint density at radius 1 is 1.13 bits per heavy atom. The molecular formula is C15H10ClF3O4. The number of hydrogen-bond donors (Lipinski definition) is 1. The van der Waals surface area contributed by atoms with Crippen molar-refractivity contribution in [2.45, 2.75) is 6.18 Å². The maximum Gasteiger partial charge on any atom is 0.417 e. The van der Waals surface area contributed by atoms with Crippen molar-refractivity contribution in [3.8, 4) is 17.2 Å². The second-order valence-corrected chi connectivity index (χ2v) is 4.82. The van der Waals surface area contributed by atoms with E-state index in [-0.39, 0.29) is 22.8 Å². The first-order valence-electron chi connectivity index (χ1n) is 6.18. The lowest BCUT2D eigenvalue weighted by Crippen LogP contribution is -2.05. The van der Waals surface area contributed by atoms with Crippen LogP contribution in [-0.2, 0) is 10.9 Å². The molecule has 0 radical (unpaired) electrons. The summed E-state index contributed by atoms with van der Waals surface area (Å²) < 4.78 is 47.7. The molecule has 2 aromatic carbocycles. The van der Waals surface area contributed by atoms with E-state index in [1.54, 1.807) is 0 Å². The molecule has 4 nitrogen and oxygen atoms in total. The number of phenolic OH excluding ortho intramolecular Hbond substituents is 1. The predicted octanol–water partition coefficient (Wildman–Crippen LogP) is 4.64. The number of methoxy groups -OCH3 is 1. The zero-order chi connectivity index (χ0) is 17.2. The normalized spacial score (nSPS) is 11.2. The van der Waals surface area contributed by atoms with Crippen molar-refractivity contribution >= 4 is 17.6 Å². The minimum Gasteiger partial charge on any atom is -0.507 e. The quantitative estimate of drug-likeness (QED) is 0.822. The van der Waals surface area contributed by atoms with Gasteiger partial charge in [-0.25, -0.2) is 4.79 Å². The number of hydrogen-bond acceptors (Lipinski definition) is 4. The third-order valence-corrected chi connectivity index (χ3v) is 3.17. The van der Waals surface area contributed by atoms with Gasteiger partial charge in [0.15, 0.2) is 0 Å². The van der Waals surface area contributed by atoms with E-state index in [1.807, 2.05) is 0 Å². The fourth-order valence-corrected chi connectivity index (χ4v) is 2.06. The monoisotopic (exact) mass is 346 g/mol. The summed E-state index contributed by atoms with van der Waals surface area (Å²) in [4.78, 5) is 11.5. The van der Waals surface area contributed by atoms with Crippen LogP contribution in [0, 0.1) is 0 Å². The summed E-state index contributed by atoms with van der Waals surface area (Å²) in [6, 6.07) is 6.64. The standard InChI is InChI=1S/C15H10ClF3O4/c1-22-14(21)10-6-8(3-5-13(10)20)23-9-2-4-11(12(16)7-9)15(17,18)19/h2-7,20H,1H3. The Morgan fingerprint density at radius 3 is 2.30 bits per heavy atom. The van der Waals surface area contributed by atoms with Gasteiger partial charge in [0.05, 0.1) is 17.7 Å². The van der Waals surface area contributed by atoms with Gasteiger partial charge in [0.1, 0.15) is 22.8 Å². The molecule has 122 valence electrons. The van der Waals surface area contributed by atoms with Crippen LogP contribution >= 0.6 is 11.6 Å². The number of ether oxygens (including phenoxy) is 2. The maximum atomic E-state index is 12.6. The molecule has 0 amide bonds. The number of carbonyl (C=O) groups is 1. The van der Waals surface area contributed by atoms with Crippen LogP contribution in [0.2, 0.25) is 5.02 Å². The summed E-state index contributed by atoms with van der Waals surface area (Å²) in [5, 5.41) is 9.06. The number of aromatic hydroxyl groups is 1. The number of benzene rings is 2. The highest BCUT2D eigenvalue weighted by atomic mass is 35.5. The molecule has 0 aliphatic carbocycles. The van der Waals surface area contributed by atoms with Crippen LogP contribution in [0.1, 0.15) is 15.9 Å². The second-order valence-electron chi connectivity index (χ2n) is 4.41. The van der Waals surface area contributed by atoms with Crippen LogP contribution < -0.4 is 4.74 Å². The number of alkyl halides is 3. The summed E-state index contributed by atoms with van der Waals surface area (Å²) in [7, 11) is 1.14. The molecule has 0 saturated carbocycles. The van der Waals surface area contributed by atoms with Crippen molar-refractivity contribution in [1.29, 1.82) is 0 Å². The fraction of sp³-hybridized carbons (Fsp3) is 0.133. The zero-order valence-corrected chi connectivity index (χ0v) is 12.4. The number of phenols is 1. The van der Waals surface area contributed by atoms with E-state index < -0.39 is 22.7 Å². The summed E-state index contributed by atoms with van der Waals surface area (Å²) in [6.45, 7) is 0. The van der Waals surface area contributed by atoms with Gasteiger partial charge >= 0.3 is 12.1 Å². The van der Waals surface area contributed by atoms with Crippen molar-refractivity contribution in [3.05, 3.63) is 52.5 Å². The Bertz CT molecular complexity index is 744. The Balaban J connectivity index is 2.30. The van der Waals surface area contributed by atoms with Gasteiger partial charge in [-0.1, -0.05) is 11.6 Å². The largest absolute Gasteiger partial charge is 0.507 e. The van der Waals surface area contributed by atoms with Crippen molar-refractivity contribution in [3.63, 3.8) is 0 Å². The summed E-state index contributed by atoms with van der Waals surface area (Å²) >= 11 is 5.60. The summed E-state index contributed by atoms with van der Waals surface area (Å²) in [5.41, 5.74) is -1.12. The highest BCUT2D eigenvalue weighted by molar-refractivity contribution is 6.31. The number of rotatable bonds is 3. The van der Waals surface area contributed by atoms with Crippen molar-refractivity contribution in [2.24, 2.45) is 0 Å². The van der Waals surface area contributed by atoms with Crippen LogP contribution in [0.5, 0.6) is 17.2 Å². The molecule has 0 atom stereocenters. The number of carbonyl (C=O) groups excluding carboxylic acids is 1. The molecule has 23 heavy (non-hydrogen) atoms. The Kier molecular flexibility index (Phi) is 4.70. The molecule has 1 N–H and O–H groups in total. The van der Waals surface area contributed by atoms with Crippen LogP contribution in [0.4, 0.5) is 13.2 Å². The third-order valence-electron chi connectivity index (χ3n) is 2.85. The number of esters is 1. The Morgan fingerprint density at radius 2 is 1.74 bits per heavy atom. The van der Waals surface area contributed by atoms with E-state index in [0.717, 1.165) is 25.3 Å². The Labute approximate surface area is 134 Å². The topological polar surface area (TPSA) is 55.8 Å². The van der Waals surface area contributed by atoms with Gasteiger partial charge < -0.3 is 14.6 Å². The predicted molar refractivity (Wildman–Crippen MR) is 76.0 cm³/mol. The number of halogens is 4. The third kappa shape index (κ3) is 3.87. The molecule has 0 aromatic heterocycles. The minimum absolute atomic E-state index is 0.0458. The van der Waals surface area contributed by atoms with Crippen molar-refractivity contribution < 1.29 is 32.5 Å². The second kappa shape index (κ2) is 6.37. The average Bonchev–Trinajstić information content (AvgIpc) is 2.47. The highest BCUT2D eigenvalue weighted by Crippen LogP contribution is 2.37. The van der Waals surface area contributed by atoms with Gasteiger partial charge in [-0.15, -0.1) is 0 Å². The van der Waals surface area contributed by atoms with Gasteiger partial charge in [-0.05, 0) is 30.3 Å². The first kappa shape index (κ1) is 17.0. The first-order valence-corrected chi connectivity index (χ1v) is 6.56. The molecule has 2 rings (SSSR count). The van der Waals surface area contributed by atoms with Crippen LogP contribution in [-0.4, -0.2) is 18.2 Å². The molecule has 0 saturated heterocycles. The van der Waals surface area contributed by atoms with Gasteiger partial charge in [0, 0.05) is 6.07 Å². The van der Waals surface area contributed by atoms with E-state index in [2.05, 4.69) is 4.74 Å². The van der Waals surface area contributed by atoms with Gasteiger partial charge in [0.25, 0.3) is 0 Å². The fourth-order valence-electron chi connectivity index (χ4n) is 1.78. The maximum absolute atomic E-state index is 12.6. The summed E-state index contributed by atoms with van der Waals surface area (Å²) in [5.74, 6) is -0.920. The highest BCUT2D eigenvalue weighted by Gasteiger charge is 2.33. The Hall–Kier alpha value is -2.41. The van der Waals surface area contributed by atoms with Gasteiger partial charge in [0.2, 0.25) is 0 Å². The molecule has 0 fully saturated rings. The SMILES string of the molecule is COC(=O)c1cc(Oc2ccc(C(F)(F)F)c(Cl)c2)ccc1O.